The number of ether oxygens (including phenoxy) is 1. The quantitative estimate of drug-likeness (QED) is 0.773. The number of nitrogen functional groups attached to an aromatic ring is 1. The molecule has 0 saturated carbocycles. The molecule has 156 valence electrons. The van der Waals surface area contributed by atoms with E-state index in [1.54, 1.807) is 0 Å². The maximum Gasteiger partial charge on any atom is 0.413 e. The highest BCUT2D eigenvalue weighted by Gasteiger charge is 2.27. The van der Waals surface area contributed by atoms with Crippen LogP contribution in [-0.4, -0.2) is 73.8 Å². The van der Waals surface area contributed by atoms with Gasteiger partial charge in [0.25, 0.3) is 0 Å². The fourth-order valence-electron chi connectivity index (χ4n) is 3.92. The molecule has 0 unspecified atom stereocenters. The van der Waals surface area contributed by atoms with E-state index in [-0.39, 0.29) is 5.54 Å². The van der Waals surface area contributed by atoms with Crippen LogP contribution in [0.5, 0.6) is 5.75 Å². The van der Waals surface area contributed by atoms with Crippen molar-refractivity contribution >= 4 is 17.5 Å². The van der Waals surface area contributed by atoms with Crippen LogP contribution >= 0.6 is 0 Å². The summed E-state index contributed by atoms with van der Waals surface area (Å²) >= 11 is 0. The summed E-state index contributed by atoms with van der Waals surface area (Å²) in [5.74, 6) is 0.417. The summed E-state index contributed by atoms with van der Waals surface area (Å²) in [6, 6.07) is 6.39. The number of carbonyl (C=O) groups excluding carboxylic acids is 1. The van der Waals surface area contributed by atoms with Crippen molar-refractivity contribution in [3.05, 3.63) is 18.2 Å². The molecule has 0 radical (unpaired) electrons. The number of nitrogens with zero attached hydrogens (tertiary/aromatic N) is 3. The number of rotatable bonds is 3. The number of nitrogens with one attached hydrogen (secondary N) is 1. The van der Waals surface area contributed by atoms with E-state index in [1.165, 1.54) is 13.1 Å². The lowest BCUT2D eigenvalue weighted by atomic mass is 10.0. The zero-order valence-corrected chi connectivity index (χ0v) is 17.7. The van der Waals surface area contributed by atoms with Crippen molar-refractivity contribution in [3.63, 3.8) is 0 Å². The van der Waals surface area contributed by atoms with E-state index in [9.17, 15) is 4.79 Å². The number of amides is 1. The molecule has 2 heterocycles. The van der Waals surface area contributed by atoms with E-state index in [2.05, 4.69) is 27.1 Å². The zero-order valence-electron chi connectivity index (χ0n) is 17.7. The van der Waals surface area contributed by atoms with Crippen molar-refractivity contribution in [2.75, 3.05) is 56.9 Å². The van der Waals surface area contributed by atoms with Gasteiger partial charge in [0.2, 0.25) is 0 Å². The van der Waals surface area contributed by atoms with Crippen molar-refractivity contribution < 1.29 is 9.53 Å². The molecule has 2 aliphatic rings. The molecule has 0 bridgehead atoms. The molecule has 1 amide bonds. The summed E-state index contributed by atoms with van der Waals surface area (Å²) < 4.78 is 5.46. The highest BCUT2D eigenvalue weighted by atomic mass is 16.6. The summed E-state index contributed by atoms with van der Waals surface area (Å²) in [5.41, 5.74) is 7.21. The number of benzene rings is 1. The SMILES string of the molecule is CN1CCN(C2CCN(c3ccc(N)c(OC(=O)NC(C)(C)C)c3)CC2)CC1. The highest BCUT2D eigenvalue weighted by molar-refractivity contribution is 5.75. The zero-order chi connectivity index (χ0) is 20.3. The molecule has 2 saturated heterocycles. The Kier molecular flexibility index (Phi) is 6.35. The molecule has 0 atom stereocenters. The summed E-state index contributed by atoms with van der Waals surface area (Å²) in [6.07, 6.45) is 1.84. The van der Waals surface area contributed by atoms with Gasteiger partial charge in [-0.3, -0.25) is 4.90 Å². The summed E-state index contributed by atoms with van der Waals surface area (Å²) in [5, 5.41) is 2.80. The van der Waals surface area contributed by atoms with Gasteiger partial charge in [-0.05, 0) is 52.8 Å². The Balaban J connectivity index is 1.58. The van der Waals surface area contributed by atoms with E-state index in [1.807, 2.05) is 39.0 Å². The summed E-state index contributed by atoms with van der Waals surface area (Å²) in [4.78, 5) is 19.5. The van der Waals surface area contributed by atoms with Crippen molar-refractivity contribution in [1.82, 2.24) is 15.1 Å². The Hall–Kier alpha value is -1.99. The number of anilines is 2. The number of likely N-dealkylation sites (N-methyl/N-ethyl adjacent to an activating group) is 1. The smallest absolute Gasteiger partial charge is 0.408 e. The number of carbonyl (C=O) groups is 1. The largest absolute Gasteiger partial charge is 0.413 e. The van der Waals surface area contributed by atoms with Gasteiger partial charge in [0, 0.05) is 62.6 Å². The fraction of sp³-hybridized carbons (Fsp3) is 0.667. The number of piperazine rings is 1. The van der Waals surface area contributed by atoms with Gasteiger partial charge >= 0.3 is 6.09 Å². The molecule has 0 spiro atoms. The third-order valence-corrected chi connectivity index (χ3v) is 5.56. The Morgan fingerprint density at radius 3 is 2.36 bits per heavy atom. The standard InChI is InChI=1S/C21H35N5O2/c1-21(2,3)23-20(27)28-19-15-17(5-6-18(19)22)25-9-7-16(8-10-25)26-13-11-24(4)12-14-26/h5-6,15-16H,7-14,22H2,1-4H3,(H,23,27). The normalized spacial score (nSPS) is 20.2. The van der Waals surface area contributed by atoms with Crippen LogP contribution < -0.4 is 20.7 Å². The Morgan fingerprint density at radius 2 is 1.75 bits per heavy atom. The second kappa shape index (κ2) is 8.57. The van der Waals surface area contributed by atoms with Crippen molar-refractivity contribution in [3.8, 4) is 5.75 Å². The number of nitrogens with two attached hydrogens (primary N) is 1. The van der Waals surface area contributed by atoms with Crippen molar-refractivity contribution in [2.45, 2.75) is 45.2 Å². The van der Waals surface area contributed by atoms with E-state index in [0.717, 1.165) is 44.7 Å². The topological polar surface area (TPSA) is 74.1 Å². The lowest BCUT2D eigenvalue weighted by Gasteiger charge is -2.42. The number of piperidine rings is 1. The van der Waals surface area contributed by atoms with Crippen LogP contribution in [0, 0.1) is 0 Å². The van der Waals surface area contributed by atoms with Crippen LogP contribution in [0.3, 0.4) is 0 Å². The summed E-state index contributed by atoms with van der Waals surface area (Å²) in [6.45, 7) is 12.4. The van der Waals surface area contributed by atoms with E-state index >= 15 is 0 Å². The van der Waals surface area contributed by atoms with Gasteiger partial charge in [-0.25, -0.2) is 4.79 Å². The first-order valence-corrected chi connectivity index (χ1v) is 10.3. The molecular formula is C21H35N5O2. The fourth-order valence-corrected chi connectivity index (χ4v) is 3.92. The Morgan fingerprint density at radius 1 is 1.11 bits per heavy atom. The monoisotopic (exact) mass is 389 g/mol. The van der Waals surface area contributed by atoms with Gasteiger partial charge in [0.05, 0.1) is 5.69 Å². The van der Waals surface area contributed by atoms with Gasteiger partial charge in [-0.15, -0.1) is 0 Å². The molecule has 0 aliphatic carbocycles. The van der Waals surface area contributed by atoms with E-state index < -0.39 is 6.09 Å². The second-order valence-corrected chi connectivity index (χ2v) is 9.04. The van der Waals surface area contributed by atoms with Crippen LogP contribution in [0.2, 0.25) is 0 Å². The second-order valence-electron chi connectivity index (χ2n) is 9.04. The van der Waals surface area contributed by atoms with Crippen molar-refractivity contribution in [1.29, 1.82) is 0 Å². The van der Waals surface area contributed by atoms with Gasteiger partial charge < -0.3 is 25.6 Å². The predicted octanol–water partition coefficient (Wildman–Crippen LogP) is 2.37. The first-order valence-electron chi connectivity index (χ1n) is 10.3. The average molecular weight is 390 g/mol. The van der Waals surface area contributed by atoms with Gasteiger partial charge in [0.1, 0.15) is 0 Å². The molecule has 28 heavy (non-hydrogen) atoms. The maximum atomic E-state index is 12.1. The molecule has 2 fully saturated rings. The lowest BCUT2D eigenvalue weighted by Crippen LogP contribution is -2.52. The Labute approximate surface area is 168 Å². The van der Waals surface area contributed by atoms with Crippen LogP contribution in [0.25, 0.3) is 0 Å². The maximum absolute atomic E-state index is 12.1. The molecule has 1 aromatic carbocycles. The molecule has 7 nitrogen and oxygen atoms in total. The highest BCUT2D eigenvalue weighted by Crippen LogP contribution is 2.30. The van der Waals surface area contributed by atoms with Gasteiger partial charge in [-0.2, -0.15) is 0 Å². The lowest BCUT2D eigenvalue weighted by molar-refractivity contribution is 0.0982. The minimum absolute atomic E-state index is 0.353. The van der Waals surface area contributed by atoms with E-state index in [0.29, 0.717) is 17.5 Å². The van der Waals surface area contributed by atoms with Crippen LogP contribution in [-0.2, 0) is 0 Å². The van der Waals surface area contributed by atoms with Crippen molar-refractivity contribution in [2.24, 2.45) is 0 Å². The predicted molar refractivity (Wildman–Crippen MR) is 114 cm³/mol. The van der Waals surface area contributed by atoms with Crippen LogP contribution in [0.15, 0.2) is 18.2 Å². The minimum Gasteiger partial charge on any atom is -0.408 e. The molecule has 2 aliphatic heterocycles. The van der Waals surface area contributed by atoms with Crippen LogP contribution in [0.4, 0.5) is 16.2 Å². The molecule has 7 heteroatoms. The van der Waals surface area contributed by atoms with E-state index in [4.69, 9.17) is 10.5 Å². The average Bonchev–Trinajstić information content (AvgIpc) is 2.63. The molecule has 1 aromatic rings. The number of hydrogen-bond donors (Lipinski definition) is 2. The third-order valence-electron chi connectivity index (χ3n) is 5.56. The van der Waals surface area contributed by atoms with Gasteiger partial charge in [0.15, 0.2) is 5.75 Å². The molecule has 3 rings (SSSR count). The first kappa shape index (κ1) is 20.7. The molecular weight excluding hydrogens is 354 g/mol. The van der Waals surface area contributed by atoms with Crippen LogP contribution in [0.1, 0.15) is 33.6 Å². The first-order chi connectivity index (χ1) is 13.2. The number of hydrogen-bond acceptors (Lipinski definition) is 6. The molecule has 0 aromatic heterocycles. The van der Waals surface area contributed by atoms with Gasteiger partial charge in [-0.1, -0.05) is 0 Å². The Bertz CT molecular complexity index is 672. The third kappa shape index (κ3) is 5.52. The summed E-state index contributed by atoms with van der Waals surface area (Å²) in [7, 11) is 2.20. The molecule has 3 N–H and O–H groups in total. The minimum atomic E-state index is -0.481.